The molecule has 2 aromatic rings. The van der Waals surface area contributed by atoms with Crippen molar-refractivity contribution in [3.63, 3.8) is 0 Å². The molecule has 0 aliphatic rings. The molecule has 1 N–H and O–H groups in total. The molecule has 4 heteroatoms. The lowest BCUT2D eigenvalue weighted by Gasteiger charge is -2.01. The van der Waals surface area contributed by atoms with E-state index in [4.69, 9.17) is 0 Å². The lowest BCUT2D eigenvalue weighted by molar-refractivity contribution is 0.627. The minimum absolute atomic E-state index is 0.195. The first-order valence-electron chi connectivity index (χ1n) is 6.05. The van der Waals surface area contributed by atoms with Crippen molar-refractivity contribution in [2.75, 3.05) is 7.05 Å². The van der Waals surface area contributed by atoms with Gasteiger partial charge in [-0.05, 0) is 44.2 Å². The molecule has 0 radical (unpaired) electrons. The van der Waals surface area contributed by atoms with Gasteiger partial charge in [-0.15, -0.1) is 11.3 Å². The molecule has 2 rings (SSSR count). The van der Waals surface area contributed by atoms with Crippen LogP contribution in [0.5, 0.6) is 0 Å². The van der Waals surface area contributed by atoms with Crippen molar-refractivity contribution in [2.24, 2.45) is 0 Å². The van der Waals surface area contributed by atoms with E-state index in [1.807, 2.05) is 20.0 Å². The first-order chi connectivity index (χ1) is 8.65. The Labute approximate surface area is 111 Å². The Hall–Kier alpha value is -1.26. The van der Waals surface area contributed by atoms with E-state index in [2.05, 4.69) is 17.2 Å². The summed E-state index contributed by atoms with van der Waals surface area (Å²) in [5.74, 6) is -0.195. The van der Waals surface area contributed by atoms with Crippen molar-refractivity contribution in [2.45, 2.75) is 26.8 Å². The standard InChI is InChI=1S/C14H17FN2S/c1-4-12-13(8-16-3)18-14(17-12)11-6-5-10(15)7-9(11)2/h5-7,16H,4,8H2,1-3H3. The average Bonchev–Trinajstić information content (AvgIpc) is 2.72. The summed E-state index contributed by atoms with van der Waals surface area (Å²) in [5, 5.41) is 4.14. The number of hydrogen-bond donors (Lipinski definition) is 1. The third-order valence-corrected chi connectivity index (χ3v) is 4.00. The number of nitrogens with one attached hydrogen (secondary N) is 1. The van der Waals surface area contributed by atoms with Crippen LogP contribution in [0.1, 0.15) is 23.1 Å². The number of aromatic nitrogens is 1. The molecule has 0 aliphatic heterocycles. The molecule has 2 nitrogen and oxygen atoms in total. The Morgan fingerprint density at radius 1 is 1.39 bits per heavy atom. The fraction of sp³-hybridized carbons (Fsp3) is 0.357. The molecule has 0 saturated carbocycles. The number of nitrogens with zero attached hydrogens (tertiary/aromatic N) is 1. The van der Waals surface area contributed by atoms with Gasteiger partial charge in [0.1, 0.15) is 10.8 Å². The normalized spacial score (nSPS) is 10.9. The highest BCUT2D eigenvalue weighted by molar-refractivity contribution is 7.15. The number of aryl methyl sites for hydroxylation is 2. The van der Waals surface area contributed by atoms with Crippen LogP contribution >= 0.6 is 11.3 Å². The zero-order valence-electron chi connectivity index (χ0n) is 10.9. The predicted molar refractivity (Wildman–Crippen MR) is 74.4 cm³/mol. The monoisotopic (exact) mass is 264 g/mol. The van der Waals surface area contributed by atoms with Gasteiger partial charge in [-0.3, -0.25) is 0 Å². The maximum absolute atomic E-state index is 13.1. The topological polar surface area (TPSA) is 24.9 Å². The molecule has 96 valence electrons. The summed E-state index contributed by atoms with van der Waals surface area (Å²) in [6.07, 6.45) is 0.924. The third-order valence-electron chi connectivity index (χ3n) is 2.87. The molecular formula is C14H17FN2S. The number of benzene rings is 1. The summed E-state index contributed by atoms with van der Waals surface area (Å²) >= 11 is 1.69. The molecule has 1 aromatic carbocycles. The van der Waals surface area contributed by atoms with Crippen molar-refractivity contribution >= 4 is 11.3 Å². The molecule has 0 bridgehead atoms. The second kappa shape index (κ2) is 5.59. The van der Waals surface area contributed by atoms with Crippen molar-refractivity contribution in [3.8, 4) is 10.6 Å². The van der Waals surface area contributed by atoms with Gasteiger partial charge in [-0.25, -0.2) is 9.37 Å². The Bertz CT molecular complexity index is 549. The van der Waals surface area contributed by atoms with Crippen LogP contribution in [0, 0.1) is 12.7 Å². The van der Waals surface area contributed by atoms with Crippen LogP contribution in [-0.2, 0) is 13.0 Å². The summed E-state index contributed by atoms with van der Waals surface area (Å²) < 4.78 is 13.1. The average molecular weight is 264 g/mol. The van der Waals surface area contributed by atoms with Crippen molar-refractivity contribution in [1.82, 2.24) is 10.3 Å². The number of hydrogen-bond acceptors (Lipinski definition) is 3. The van der Waals surface area contributed by atoms with Crippen LogP contribution in [0.2, 0.25) is 0 Å². The van der Waals surface area contributed by atoms with Crippen LogP contribution in [0.4, 0.5) is 4.39 Å². The van der Waals surface area contributed by atoms with Crippen LogP contribution in [0.3, 0.4) is 0 Å². The van der Waals surface area contributed by atoms with E-state index in [1.54, 1.807) is 17.4 Å². The van der Waals surface area contributed by atoms with E-state index >= 15 is 0 Å². The summed E-state index contributed by atoms with van der Waals surface area (Å²) in [6, 6.07) is 4.86. The van der Waals surface area contributed by atoms with E-state index in [-0.39, 0.29) is 5.82 Å². The number of thiazole rings is 1. The third kappa shape index (κ3) is 2.60. The lowest BCUT2D eigenvalue weighted by atomic mass is 10.1. The minimum atomic E-state index is -0.195. The molecular weight excluding hydrogens is 247 g/mol. The largest absolute Gasteiger partial charge is 0.315 e. The predicted octanol–water partition coefficient (Wildman–Crippen LogP) is 3.54. The maximum Gasteiger partial charge on any atom is 0.124 e. The van der Waals surface area contributed by atoms with Crippen molar-refractivity contribution < 1.29 is 4.39 Å². The van der Waals surface area contributed by atoms with Gasteiger partial charge in [0.2, 0.25) is 0 Å². The van der Waals surface area contributed by atoms with Gasteiger partial charge in [0.25, 0.3) is 0 Å². The Morgan fingerprint density at radius 3 is 2.78 bits per heavy atom. The smallest absolute Gasteiger partial charge is 0.124 e. The number of halogens is 1. The van der Waals surface area contributed by atoms with Gasteiger partial charge in [-0.1, -0.05) is 6.92 Å². The first-order valence-corrected chi connectivity index (χ1v) is 6.87. The van der Waals surface area contributed by atoms with Gasteiger partial charge >= 0.3 is 0 Å². The van der Waals surface area contributed by atoms with Gasteiger partial charge in [0.15, 0.2) is 0 Å². The molecule has 0 aliphatic carbocycles. The molecule has 0 amide bonds. The Morgan fingerprint density at radius 2 is 2.17 bits per heavy atom. The van der Waals surface area contributed by atoms with Gasteiger partial charge in [0.05, 0.1) is 5.69 Å². The van der Waals surface area contributed by atoms with E-state index in [1.165, 1.54) is 10.9 Å². The highest BCUT2D eigenvalue weighted by atomic mass is 32.1. The SMILES string of the molecule is CCc1nc(-c2ccc(F)cc2C)sc1CNC. The molecule has 1 aromatic heterocycles. The molecule has 0 saturated heterocycles. The Balaban J connectivity index is 2.44. The fourth-order valence-electron chi connectivity index (χ4n) is 1.94. The van der Waals surface area contributed by atoms with Crippen molar-refractivity contribution in [1.29, 1.82) is 0 Å². The Kier molecular flexibility index (Phi) is 4.09. The van der Waals surface area contributed by atoms with Crippen LogP contribution in [-0.4, -0.2) is 12.0 Å². The second-order valence-electron chi connectivity index (χ2n) is 4.23. The summed E-state index contributed by atoms with van der Waals surface area (Å²) in [5.41, 5.74) is 3.09. The van der Waals surface area contributed by atoms with Gasteiger partial charge < -0.3 is 5.32 Å². The highest BCUT2D eigenvalue weighted by Gasteiger charge is 2.12. The lowest BCUT2D eigenvalue weighted by Crippen LogP contribution is -2.05. The van der Waals surface area contributed by atoms with Crippen LogP contribution in [0.25, 0.3) is 10.6 Å². The molecule has 0 atom stereocenters. The molecule has 0 spiro atoms. The minimum Gasteiger partial charge on any atom is -0.315 e. The quantitative estimate of drug-likeness (QED) is 0.913. The molecule has 18 heavy (non-hydrogen) atoms. The first kappa shape index (κ1) is 13.2. The van der Waals surface area contributed by atoms with Gasteiger partial charge in [-0.2, -0.15) is 0 Å². The zero-order valence-corrected chi connectivity index (χ0v) is 11.7. The molecule has 1 heterocycles. The molecule has 0 fully saturated rings. The summed E-state index contributed by atoms with van der Waals surface area (Å²) in [7, 11) is 1.93. The highest BCUT2D eigenvalue weighted by Crippen LogP contribution is 2.30. The van der Waals surface area contributed by atoms with E-state index in [9.17, 15) is 4.39 Å². The summed E-state index contributed by atoms with van der Waals surface area (Å²) in [6.45, 7) is 4.86. The summed E-state index contributed by atoms with van der Waals surface area (Å²) in [4.78, 5) is 5.93. The number of rotatable bonds is 4. The fourth-order valence-corrected chi connectivity index (χ4v) is 3.19. The van der Waals surface area contributed by atoms with E-state index in [0.29, 0.717) is 0 Å². The van der Waals surface area contributed by atoms with Crippen LogP contribution < -0.4 is 5.32 Å². The molecule has 0 unspecified atom stereocenters. The zero-order chi connectivity index (χ0) is 13.1. The maximum atomic E-state index is 13.1. The van der Waals surface area contributed by atoms with E-state index in [0.717, 1.165) is 34.8 Å². The van der Waals surface area contributed by atoms with Crippen LogP contribution in [0.15, 0.2) is 18.2 Å². The van der Waals surface area contributed by atoms with E-state index < -0.39 is 0 Å². The van der Waals surface area contributed by atoms with Gasteiger partial charge in [0, 0.05) is 17.0 Å². The second-order valence-corrected chi connectivity index (χ2v) is 5.32. The van der Waals surface area contributed by atoms with Crippen molar-refractivity contribution in [3.05, 3.63) is 40.2 Å².